The van der Waals surface area contributed by atoms with E-state index in [0.29, 0.717) is 5.56 Å². The highest BCUT2D eigenvalue weighted by Gasteiger charge is 2.18. The fraction of sp³-hybridized carbons (Fsp3) is 0.143. The van der Waals surface area contributed by atoms with Gasteiger partial charge in [0.2, 0.25) is 0 Å². The Bertz CT molecular complexity index is 557. The average molecular weight is 309 g/mol. The Balaban J connectivity index is 2.49. The van der Waals surface area contributed by atoms with Crippen LogP contribution in [0.1, 0.15) is 22.7 Å². The molecule has 3 N–H and O–H groups in total. The van der Waals surface area contributed by atoms with E-state index in [0.717, 1.165) is 15.6 Å². The first kappa shape index (κ1) is 13.2. The van der Waals surface area contributed by atoms with Gasteiger partial charge in [0.05, 0.1) is 6.04 Å². The molecule has 0 radical (unpaired) electrons. The van der Waals surface area contributed by atoms with Crippen molar-refractivity contribution < 1.29 is 4.39 Å². The highest BCUT2D eigenvalue weighted by Crippen LogP contribution is 2.30. The molecule has 0 aromatic heterocycles. The smallest absolute Gasteiger partial charge is 0.128 e. The van der Waals surface area contributed by atoms with E-state index in [1.54, 1.807) is 18.2 Å². The van der Waals surface area contributed by atoms with Crippen LogP contribution >= 0.6 is 15.9 Å². The number of hydrazine groups is 1. The fourth-order valence-corrected chi connectivity index (χ4v) is 2.64. The van der Waals surface area contributed by atoms with Crippen molar-refractivity contribution in [3.8, 4) is 0 Å². The molecule has 1 unspecified atom stereocenters. The topological polar surface area (TPSA) is 38.0 Å². The molecule has 0 amide bonds. The highest BCUT2D eigenvalue weighted by atomic mass is 79.9. The van der Waals surface area contributed by atoms with E-state index in [1.807, 2.05) is 25.1 Å². The van der Waals surface area contributed by atoms with Gasteiger partial charge in [0.15, 0.2) is 0 Å². The minimum absolute atomic E-state index is 0.270. The maximum atomic E-state index is 13.8. The molecule has 2 rings (SSSR count). The molecule has 1 atom stereocenters. The number of benzene rings is 2. The number of aryl methyl sites for hydroxylation is 1. The van der Waals surface area contributed by atoms with Crippen LogP contribution < -0.4 is 11.3 Å². The lowest BCUT2D eigenvalue weighted by Gasteiger charge is -2.19. The van der Waals surface area contributed by atoms with Crippen molar-refractivity contribution in [2.24, 2.45) is 5.84 Å². The summed E-state index contributed by atoms with van der Waals surface area (Å²) in [7, 11) is 0. The predicted octanol–water partition coefficient (Wildman–Crippen LogP) is 3.45. The van der Waals surface area contributed by atoms with Crippen LogP contribution in [0.3, 0.4) is 0 Å². The summed E-state index contributed by atoms with van der Waals surface area (Å²) < 4.78 is 14.7. The van der Waals surface area contributed by atoms with Gasteiger partial charge in [-0.1, -0.05) is 46.3 Å². The molecule has 0 aliphatic heterocycles. The summed E-state index contributed by atoms with van der Waals surface area (Å²) in [5, 5.41) is 0. The molecule has 0 aliphatic carbocycles. The van der Waals surface area contributed by atoms with Gasteiger partial charge in [-0.2, -0.15) is 0 Å². The normalized spacial score (nSPS) is 12.4. The predicted molar refractivity (Wildman–Crippen MR) is 74.4 cm³/mol. The van der Waals surface area contributed by atoms with Crippen LogP contribution in [0.5, 0.6) is 0 Å². The first-order chi connectivity index (χ1) is 8.63. The maximum absolute atomic E-state index is 13.8. The van der Waals surface area contributed by atoms with Crippen LogP contribution in [0, 0.1) is 12.7 Å². The molecular weight excluding hydrogens is 295 g/mol. The van der Waals surface area contributed by atoms with E-state index < -0.39 is 0 Å². The molecule has 0 bridgehead atoms. The Hall–Kier alpha value is -1.23. The summed E-state index contributed by atoms with van der Waals surface area (Å²) in [5.74, 6) is 5.30. The Morgan fingerprint density at radius 2 is 1.89 bits per heavy atom. The van der Waals surface area contributed by atoms with Crippen molar-refractivity contribution in [2.45, 2.75) is 13.0 Å². The van der Waals surface area contributed by atoms with Crippen molar-refractivity contribution in [3.63, 3.8) is 0 Å². The molecule has 2 aromatic carbocycles. The van der Waals surface area contributed by atoms with Gasteiger partial charge in [-0.3, -0.25) is 5.84 Å². The summed E-state index contributed by atoms with van der Waals surface area (Å²) in [4.78, 5) is 0. The standard InChI is InChI=1S/C14H14BrFN2/c1-9-6-7-10(12(15)8-9)14(18-17)11-4-2-3-5-13(11)16/h2-8,14,18H,17H2,1H3. The molecule has 4 heteroatoms. The van der Waals surface area contributed by atoms with Crippen LogP contribution in [0.4, 0.5) is 4.39 Å². The van der Waals surface area contributed by atoms with E-state index in [9.17, 15) is 4.39 Å². The van der Waals surface area contributed by atoms with Crippen LogP contribution in [0.15, 0.2) is 46.9 Å². The Morgan fingerprint density at radius 1 is 1.17 bits per heavy atom. The van der Waals surface area contributed by atoms with Gasteiger partial charge in [0.25, 0.3) is 0 Å². The van der Waals surface area contributed by atoms with Gasteiger partial charge in [-0.05, 0) is 30.2 Å². The zero-order valence-electron chi connectivity index (χ0n) is 9.95. The number of hydrogen-bond donors (Lipinski definition) is 2. The second kappa shape index (κ2) is 5.61. The summed E-state index contributed by atoms with van der Waals surface area (Å²) in [6.07, 6.45) is 0. The van der Waals surface area contributed by atoms with Crippen molar-refractivity contribution >= 4 is 15.9 Å². The van der Waals surface area contributed by atoms with E-state index in [-0.39, 0.29) is 11.9 Å². The highest BCUT2D eigenvalue weighted by molar-refractivity contribution is 9.10. The second-order valence-corrected chi connectivity index (χ2v) is 5.00. The summed E-state index contributed by atoms with van der Waals surface area (Å²) in [6, 6.07) is 12.2. The number of nitrogens with one attached hydrogen (secondary N) is 1. The van der Waals surface area contributed by atoms with Crippen LogP contribution in [-0.4, -0.2) is 0 Å². The lowest BCUT2D eigenvalue weighted by molar-refractivity contribution is 0.559. The lowest BCUT2D eigenvalue weighted by atomic mass is 9.98. The van der Waals surface area contributed by atoms with Crippen LogP contribution in [-0.2, 0) is 0 Å². The lowest BCUT2D eigenvalue weighted by Crippen LogP contribution is -2.29. The number of rotatable bonds is 3. The molecule has 0 saturated heterocycles. The zero-order valence-corrected chi connectivity index (χ0v) is 11.5. The summed E-state index contributed by atoms with van der Waals surface area (Å²) in [6.45, 7) is 2.00. The van der Waals surface area contributed by atoms with Crippen molar-refractivity contribution in [2.75, 3.05) is 0 Å². The van der Waals surface area contributed by atoms with Crippen molar-refractivity contribution in [3.05, 3.63) is 69.4 Å². The molecule has 2 aromatic rings. The molecule has 18 heavy (non-hydrogen) atoms. The minimum atomic E-state index is -0.374. The maximum Gasteiger partial charge on any atom is 0.128 e. The molecule has 0 aliphatic rings. The van der Waals surface area contributed by atoms with Crippen molar-refractivity contribution in [1.82, 2.24) is 5.43 Å². The average Bonchev–Trinajstić information content (AvgIpc) is 2.34. The minimum Gasteiger partial charge on any atom is -0.271 e. The van der Waals surface area contributed by atoms with E-state index in [1.165, 1.54) is 6.07 Å². The van der Waals surface area contributed by atoms with Gasteiger partial charge in [-0.25, -0.2) is 9.82 Å². The third-order valence-electron chi connectivity index (χ3n) is 2.85. The third kappa shape index (κ3) is 2.61. The van der Waals surface area contributed by atoms with Crippen molar-refractivity contribution in [1.29, 1.82) is 0 Å². The summed E-state index contributed by atoms with van der Waals surface area (Å²) >= 11 is 3.49. The molecule has 94 valence electrons. The van der Waals surface area contributed by atoms with Gasteiger partial charge < -0.3 is 0 Å². The number of nitrogens with two attached hydrogens (primary N) is 1. The number of halogens is 2. The van der Waals surface area contributed by atoms with Crippen LogP contribution in [0.2, 0.25) is 0 Å². The first-order valence-electron chi connectivity index (χ1n) is 5.60. The molecule has 2 nitrogen and oxygen atoms in total. The van der Waals surface area contributed by atoms with Crippen LogP contribution in [0.25, 0.3) is 0 Å². The Morgan fingerprint density at radius 3 is 2.50 bits per heavy atom. The van der Waals surface area contributed by atoms with Gasteiger partial charge in [-0.15, -0.1) is 0 Å². The molecule has 0 fully saturated rings. The monoisotopic (exact) mass is 308 g/mol. The quantitative estimate of drug-likeness (QED) is 0.673. The second-order valence-electron chi connectivity index (χ2n) is 4.15. The Labute approximate surface area is 114 Å². The van der Waals surface area contributed by atoms with Gasteiger partial charge >= 0.3 is 0 Å². The molecular formula is C14H14BrFN2. The van der Waals surface area contributed by atoms with E-state index in [2.05, 4.69) is 21.4 Å². The molecule has 0 saturated carbocycles. The molecule has 0 spiro atoms. The molecule has 0 heterocycles. The largest absolute Gasteiger partial charge is 0.271 e. The van der Waals surface area contributed by atoms with Gasteiger partial charge in [0, 0.05) is 10.0 Å². The SMILES string of the molecule is Cc1ccc(C(NN)c2ccccc2F)c(Br)c1. The Kier molecular flexibility index (Phi) is 4.11. The fourth-order valence-electron chi connectivity index (χ4n) is 1.92. The third-order valence-corrected chi connectivity index (χ3v) is 3.54. The first-order valence-corrected chi connectivity index (χ1v) is 6.39. The van der Waals surface area contributed by atoms with E-state index in [4.69, 9.17) is 5.84 Å². The zero-order chi connectivity index (χ0) is 13.1. The van der Waals surface area contributed by atoms with E-state index >= 15 is 0 Å². The summed E-state index contributed by atoms with van der Waals surface area (Å²) in [5.41, 5.74) is 5.24. The van der Waals surface area contributed by atoms with Gasteiger partial charge in [0.1, 0.15) is 5.82 Å². The number of hydrogen-bond acceptors (Lipinski definition) is 2.